The summed E-state index contributed by atoms with van der Waals surface area (Å²) >= 11 is 0. The largest absolute Gasteiger partial charge is 0.351 e. The fraction of sp³-hybridized carbons (Fsp3) is 0.267. The van der Waals surface area contributed by atoms with E-state index in [1.165, 1.54) is 0 Å². The van der Waals surface area contributed by atoms with Crippen molar-refractivity contribution in [2.24, 2.45) is 0 Å². The third-order valence-corrected chi connectivity index (χ3v) is 3.11. The van der Waals surface area contributed by atoms with Crippen LogP contribution in [0.5, 0.6) is 0 Å². The number of nitrogens with one attached hydrogen (secondary N) is 1. The molecular formula is C15H15N5O3. The molecule has 0 aliphatic rings. The second-order valence-corrected chi connectivity index (χ2v) is 5.18. The molecule has 0 unspecified atom stereocenters. The predicted octanol–water partition coefficient (Wildman–Crippen LogP) is 2.17. The fourth-order valence-corrected chi connectivity index (χ4v) is 1.84. The van der Waals surface area contributed by atoms with E-state index in [1.807, 2.05) is 19.9 Å². The molecule has 0 saturated heterocycles. The van der Waals surface area contributed by atoms with Crippen molar-refractivity contribution in [3.8, 4) is 11.5 Å². The number of aromatic nitrogens is 4. The number of rotatable bonds is 5. The van der Waals surface area contributed by atoms with E-state index in [1.54, 1.807) is 24.4 Å². The zero-order chi connectivity index (χ0) is 16.2. The van der Waals surface area contributed by atoms with Gasteiger partial charge in [-0.1, -0.05) is 30.2 Å². The molecule has 3 aromatic heterocycles. The molecule has 0 aliphatic heterocycles. The molecule has 3 heterocycles. The van der Waals surface area contributed by atoms with Gasteiger partial charge in [-0.05, 0) is 18.1 Å². The Morgan fingerprint density at radius 3 is 2.83 bits per heavy atom. The lowest BCUT2D eigenvalue weighted by Crippen LogP contribution is -2.22. The Labute approximate surface area is 131 Å². The lowest BCUT2D eigenvalue weighted by molar-refractivity contribution is 0.0909. The first-order valence-electron chi connectivity index (χ1n) is 7.12. The number of hydrogen-bond acceptors (Lipinski definition) is 7. The van der Waals surface area contributed by atoms with Gasteiger partial charge in [0.15, 0.2) is 0 Å². The van der Waals surface area contributed by atoms with Gasteiger partial charge in [-0.25, -0.2) is 0 Å². The van der Waals surface area contributed by atoms with E-state index in [0.717, 1.165) is 5.69 Å². The third-order valence-electron chi connectivity index (χ3n) is 3.11. The number of carbonyl (C=O) groups is 1. The zero-order valence-corrected chi connectivity index (χ0v) is 12.7. The molecule has 3 aromatic rings. The molecule has 0 fully saturated rings. The minimum atomic E-state index is -0.387. The minimum Gasteiger partial charge on any atom is -0.351 e. The number of carbonyl (C=O) groups excluding carboxylic acids is 1. The Bertz CT molecular complexity index is 794. The molecule has 0 aliphatic carbocycles. The molecule has 0 radical (unpaired) electrons. The first-order valence-corrected chi connectivity index (χ1v) is 7.12. The average Bonchev–Trinajstić information content (AvgIpc) is 3.23. The maximum absolute atomic E-state index is 12.0. The first kappa shape index (κ1) is 14.9. The molecule has 0 spiro atoms. The van der Waals surface area contributed by atoms with Gasteiger partial charge in [-0.3, -0.25) is 9.78 Å². The molecule has 0 saturated carbocycles. The van der Waals surface area contributed by atoms with E-state index in [0.29, 0.717) is 11.5 Å². The van der Waals surface area contributed by atoms with Gasteiger partial charge in [0.25, 0.3) is 5.91 Å². The summed E-state index contributed by atoms with van der Waals surface area (Å²) in [5.41, 5.74) is 1.33. The van der Waals surface area contributed by atoms with Crippen LogP contribution >= 0.6 is 0 Å². The van der Waals surface area contributed by atoms with Crippen molar-refractivity contribution in [2.75, 3.05) is 0 Å². The summed E-state index contributed by atoms with van der Waals surface area (Å²) < 4.78 is 10.1. The highest BCUT2D eigenvalue weighted by Crippen LogP contribution is 2.14. The Kier molecular flexibility index (Phi) is 4.13. The van der Waals surface area contributed by atoms with Crippen molar-refractivity contribution in [1.82, 2.24) is 25.6 Å². The van der Waals surface area contributed by atoms with Crippen LogP contribution in [0.4, 0.5) is 0 Å². The smallest absolute Gasteiger partial charge is 0.290 e. The maximum atomic E-state index is 12.0. The molecule has 8 heteroatoms. The lowest BCUT2D eigenvalue weighted by Gasteiger charge is -1.97. The van der Waals surface area contributed by atoms with E-state index in [-0.39, 0.29) is 30.0 Å². The molecule has 0 bridgehead atoms. The summed E-state index contributed by atoms with van der Waals surface area (Å²) in [7, 11) is 0. The normalized spacial score (nSPS) is 10.9. The number of pyridine rings is 1. The standard InChI is InChI=1S/C15H15N5O3/c1-9(2)11-7-12(22-19-11)15(21)17-8-13-18-14(20-23-13)10-5-3-4-6-16-10/h3-7,9H,8H2,1-2H3,(H,17,21). The van der Waals surface area contributed by atoms with Gasteiger partial charge in [-0.15, -0.1) is 0 Å². The Morgan fingerprint density at radius 2 is 2.13 bits per heavy atom. The van der Waals surface area contributed by atoms with E-state index >= 15 is 0 Å². The van der Waals surface area contributed by atoms with Crippen molar-refractivity contribution in [3.63, 3.8) is 0 Å². The monoisotopic (exact) mass is 313 g/mol. The minimum absolute atomic E-state index is 0.0936. The Balaban J connectivity index is 1.62. The molecule has 0 aromatic carbocycles. The molecule has 1 N–H and O–H groups in total. The van der Waals surface area contributed by atoms with Gasteiger partial charge in [0.05, 0.1) is 12.2 Å². The second kappa shape index (κ2) is 6.39. The van der Waals surface area contributed by atoms with Crippen LogP contribution in [0.1, 0.15) is 41.9 Å². The number of amides is 1. The average molecular weight is 313 g/mol. The molecule has 0 atom stereocenters. The number of hydrogen-bond donors (Lipinski definition) is 1. The SMILES string of the molecule is CC(C)c1cc(C(=O)NCc2nc(-c3ccccn3)no2)on1. The number of nitrogens with zero attached hydrogens (tertiary/aromatic N) is 4. The van der Waals surface area contributed by atoms with Crippen LogP contribution in [0.3, 0.4) is 0 Å². The van der Waals surface area contributed by atoms with E-state index < -0.39 is 0 Å². The molecule has 118 valence electrons. The third kappa shape index (κ3) is 3.42. The quantitative estimate of drug-likeness (QED) is 0.769. The lowest BCUT2D eigenvalue weighted by atomic mass is 10.1. The van der Waals surface area contributed by atoms with Gasteiger partial charge >= 0.3 is 0 Å². The van der Waals surface area contributed by atoms with Crippen LogP contribution in [-0.2, 0) is 6.54 Å². The van der Waals surface area contributed by atoms with Gasteiger partial charge < -0.3 is 14.4 Å². The zero-order valence-electron chi connectivity index (χ0n) is 12.7. The molecule has 8 nitrogen and oxygen atoms in total. The van der Waals surface area contributed by atoms with Gasteiger partial charge in [-0.2, -0.15) is 4.98 Å². The van der Waals surface area contributed by atoms with Gasteiger partial charge in [0.1, 0.15) is 5.69 Å². The summed E-state index contributed by atoms with van der Waals surface area (Å²) in [6, 6.07) is 7.02. The molecular weight excluding hydrogens is 298 g/mol. The first-order chi connectivity index (χ1) is 11.1. The summed E-state index contributed by atoms with van der Waals surface area (Å²) in [6.45, 7) is 4.03. The summed E-state index contributed by atoms with van der Waals surface area (Å²) in [5.74, 6) is 0.608. The van der Waals surface area contributed by atoms with Crippen molar-refractivity contribution in [2.45, 2.75) is 26.3 Å². The highest BCUT2D eigenvalue weighted by molar-refractivity contribution is 5.91. The predicted molar refractivity (Wildman–Crippen MR) is 79.3 cm³/mol. The molecule has 1 amide bonds. The van der Waals surface area contributed by atoms with E-state index in [9.17, 15) is 4.79 Å². The van der Waals surface area contributed by atoms with Crippen molar-refractivity contribution < 1.29 is 13.8 Å². The Morgan fingerprint density at radius 1 is 1.26 bits per heavy atom. The summed E-state index contributed by atoms with van der Waals surface area (Å²) in [5, 5.41) is 10.3. The van der Waals surface area contributed by atoms with E-state index in [2.05, 4.69) is 25.6 Å². The van der Waals surface area contributed by atoms with Crippen LogP contribution in [0, 0.1) is 0 Å². The topological polar surface area (TPSA) is 107 Å². The van der Waals surface area contributed by atoms with Crippen LogP contribution < -0.4 is 5.32 Å². The van der Waals surface area contributed by atoms with Crippen LogP contribution in [-0.4, -0.2) is 26.2 Å². The summed E-state index contributed by atoms with van der Waals surface area (Å²) in [6.07, 6.45) is 1.64. The fourth-order valence-electron chi connectivity index (χ4n) is 1.84. The van der Waals surface area contributed by atoms with Crippen LogP contribution in [0.2, 0.25) is 0 Å². The summed E-state index contributed by atoms with van der Waals surface area (Å²) in [4.78, 5) is 20.3. The maximum Gasteiger partial charge on any atom is 0.290 e. The van der Waals surface area contributed by atoms with Crippen molar-refractivity contribution in [1.29, 1.82) is 0 Å². The van der Waals surface area contributed by atoms with Crippen LogP contribution in [0.15, 0.2) is 39.5 Å². The highest BCUT2D eigenvalue weighted by Gasteiger charge is 2.16. The van der Waals surface area contributed by atoms with Crippen molar-refractivity contribution >= 4 is 5.91 Å². The Hall–Kier alpha value is -3.03. The van der Waals surface area contributed by atoms with E-state index in [4.69, 9.17) is 9.05 Å². The highest BCUT2D eigenvalue weighted by atomic mass is 16.5. The van der Waals surface area contributed by atoms with Crippen molar-refractivity contribution in [3.05, 3.63) is 47.8 Å². The van der Waals surface area contributed by atoms with Gasteiger partial charge in [0.2, 0.25) is 17.5 Å². The molecule has 3 rings (SSSR count). The van der Waals surface area contributed by atoms with Gasteiger partial charge in [0, 0.05) is 12.3 Å². The molecule has 23 heavy (non-hydrogen) atoms. The second-order valence-electron chi connectivity index (χ2n) is 5.18. The van der Waals surface area contributed by atoms with Crippen LogP contribution in [0.25, 0.3) is 11.5 Å².